The van der Waals surface area contributed by atoms with Crippen molar-refractivity contribution in [2.75, 3.05) is 31.6 Å². The lowest BCUT2D eigenvalue weighted by molar-refractivity contribution is 0.0174. The molecule has 1 unspecified atom stereocenters. The number of rotatable bonds is 3. The van der Waals surface area contributed by atoms with Gasteiger partial charge in [0.25, 0.3) is 0 Å². The van der Waals surface area contributed by atoms with Gasteiger partial charge in [0.1, 0.15) is 0 Å². The molecule has 5 heteroatoms. The molecule has 1 atom stereocenters. The average molecular weight is 265 g/mol. The minimum Gasteiger partial charge on any atom is -0.379 e. The van der Waals surface area contributed by atoms with E-state index in [1.165, 1.54) is 0 Å². The van der Waals surface area contributed by atoms with Crippen molar-refractivity contribution in [2.45, 2.75) is 13.1 Å². The number of thiocarbonyl (C=S) groups is 1. The van der Waals surface area contributed by atoms with Crippen LogP contribution in [0.3, 0.4) is 0 Å². The van der Waals surface area contributed by atoms with Crippen molar-refractivity contribution in [1.82, 2.24) is 10.2 Å². The Morgan fingerprint density at radius 3 is 2.61 bits per heavy atom. The third-order valence-corrected chi connectivity index (χ3v) is 3.18. The van der Waals surface area contributed by atoms with Crippen LogP contribution in [-0.2, 0) is 4.74 Å². The summed E-state index contributed by atoms with van der Waals surface area (Å²) >= 11 is 5.30. The first-order valence-corrected chi connectivity index (χ1v) is 6.61. The summed E-state index contributed by atoms with van der Waals surface area (Å²) in [7, 11) is 0. The summed E-state index contributed by atoms with van der Waals surface area (Å²) in [6, 6.07) is 9.94. The molecule has 0 saturated carbocycles. The minimum atomic E-state index is 0.220. The Hall–Kier alpha value is -1.17. The molecule has 1 heterocycles. The molecule has 0 bridgehead atoms. The molecule has 2 N–H and O–H groups in total. The fourth-order valence-electron chi connectivity index (χ4n) is 1.93. The van der Waals surface area contributed by atoms with Crippen LogP contribution in [0.4, 0.5) is 5.69 Å². The van der Waals surface area contributed by atoms with Crippen molar-refractivity contribution in [1.29, 1.82) is 0 Å². The molecule has 1 aliphatic rings. The van der Waals surface area contributed by atoms with Crippen molar-refractivity contribution in [3.05, 3.63) is 30.3 Å². The van der Waals surface area contributed by atoms with E-state index in [1.54, 1.807) is 0 Å². The standard InChI is InChI=1S/C13H19N3OS/c1-11(16-7-9-17-10-8-16)14-13(18)15-12-5-3-2-4-6-12/h2-6,11H,7-10H2,1H3,(H2,14,15,18). The minimum absolute atomic E-state index is 0.220. The van der Waals surface area contributed by atoms with Crippen molar-refractivity contribution in [2.24, 2.45) is 0 Å². The summed E-state index contributed by atoms with van der Waals surface area (Å²) in [6.45, 7) is 5.60. The molecule has 2 rings (SSSR count). The highest BCUT2D eigenvalue weighted by atomic mass is 32.1. The second-order valence-electron chi connectivity index (χ2n) is 4.29. The van der Waals surface area contributed by atoms with E-state index in [2.05, 4.69) is 22.5 Å². The first-order valence-electron chi connectivity index (χ1n) is 6.20. The lowest BCUT2D eigenvalue weighted by atomic mass is 10.3. The molecule has 1 aromatic rings. The quantitative estimate of drug-likeness (QED) is 0.813. The van der Waals surface area contributed by atoms with E-state index in [4.69, 9.17) is 17.0 Å². The molecule has 4 nitrogen and oxygen atoms in total. The van der Waals surface area contributed by atoms with Crippen molar-refractivity contribution >= 4 is 23.0 Å². The van der Waals surface area contributed by atoms with Crippen LogP contribution in [0.5, 0.6) is 0 Å². The topological polar surface area (TPSA) is 36.5 Å². The summed E-state index contributed by atoms with van der Waals surface area (Å²) in [6.07, 6.45) is 0.220. The Labute approximate surface area is 113 Å². The van der Waals surface area contributed by atoms with Crippen molar-refractivity contribution in [3.8, 4) is 0 Å². The van der Waals surface area contributed by atoms with Gasteiger partial charge in [-0.25, -0.2) is 0 Å². The predicted molar refractivity (Wildman–Crippen MR) is 77.7 cm³/mol. The Bertz CT molecular complexity index is 379. The summed E-state index contributed by atoms with van der Waals surface area (Å²) in [4.78, 5) is 2.32. The van der Waals surface area contributed by atoms with Gasteiger partial charge in [0, 0.05) is 18.8 Å². The van der Waals surface area contributed by atoms with Crippen LogP contribution < -0.4 is 10.6 Å². The Kier molecular flexibility index (Phi) is 4.92. The van der Waals surface area contributed by atoms with E-state index in [0.717, 1.165) is 32.0 Å². The molecule has 0 spiro atoms. The Morgan fingerprint density at radius 2 is 1.94 bits per heavy atom. The maximum Gasteiger partial charge on any atom is 0.172 e. The number of nitrogens with one attached hydrogen (secondary N) is 2. The van der Waals surface area contributed by atoms with E-state index in [1.807, 2.05) is 30.3 Å². The van der Waals surface area contributed by atoms with Gasteiger partial charge < -0.3 is 15.4 Å². The first kappa shape index (κ1) is 13.3. The predicted octanol–water partition coefficient (Wildman–Crippen LogP) is 1.65. The third-order valence-electron chi connectivity index (χ3n) is 2.97. The average Bonchev–Trinajstić information content (AvgIpc) is 2.40. The molecule has 1 aromatic carbocycles. The van der Waals surface area contributed by atoms with E-state index < -0.39 is 0 Å². The fourth-order valence-corrected chi connectivity index (χ4v) is 2.22. The number of para-hydroxylation sites is 1. The number of anilines is 1. The van der Waals surface area contributed by atoms with E-state index in [0.29, 0.717) is 5.11 Å². The van der Waals surface area contributed by atoms with Crippen LogP contribution in [0.25, 0.3) is 0 Å². The lowest BCUT2D eigenvalue weighted by Crippen LogP contribution is -2.51. The van der Waals surface area contributed by atoms with Gasteiger partial charge in [-0.15, -0.1) is 0 Å². The molecule has 0 radical (unpaired) electrons. The zero-order chi connectivity index (χ0) is 12.8. The zero-order valence-electron chi connectivity index (χ0n) is 10.6. The third kappa shape index (κ3) is 3.94. The van der Waals surface area contributed by atoms with Gasteiger partial charge >= 0.3 is 0 Å². The second kappa shape index (κ2) is 6.68. The van der Waals surface area contributed by atoms with Gasteiger partial charge in [0.05, 0.1) is 19.4 Å². The molecule has 0 aliphatic carbocycles. The number of benzene rings is 1. The second-order valence-corrected chi connectivity index (χ2v) is 4.70. The number of nitrogens with zero attached hydrogens (tertiary/aromatic N) is 1. The maximum absolute atomic E-state index is 5.33. The smallest absolute Gasteiger partial charge is 0.172 e. The van der Waals surface area contributed by atoms with Gasteiger partial charge in [-0.1, -0.05) is 18.2 Å². The highest BCUT2D eigenvalue weighted by Gasteiger charge is 2.17. The first-order chi connectivity index (χ1) is 8.75. The number of ether oxygens (including phenoxy) is 1. The highest BCUT2D eigenvalue weighted by molar-refractivity contribution is 7.80. The highest BCUT2D eigenvalue weighted by Crippen LogP contribution is 2.05. The number of hydrogen-bond acceptors (Lipinski definition) is 3. The van der Waals surface area contributed by atoms with E-state index >= 15 is 0 Å². The van der Waals surface area contributed by atoms with Gasteiger partial charge in [-0.05, 0) is 31.3 Å². The molecule has 1 fully saturated rings. The Balaban J connectivity index is 1.79. The summed E-state index contributed by atoms with van der Waals surface area (Å²) < 4.78 is 5.33. The molecule has 1 saturated heterocycles. The normalized spacial score (nSPS) is 18.1. The SMILES string of the molecule is CC(NC(=S)Nc1ccccc1)N1CCOCC1. The van der Waals surface area contributed by atoms with Gasteiger partial charge in [-0.3, -0.25) is 4.90 Å². The van der Waals surface area contributed by atoms with Gasteiger partial charge in [0.15, 0.2) is 5.11 Å². The molecule has 98 valence electrons. The zero-order valence-corrected chi connectivity index (χ0v) is 11.4. The van der Waals surface area contributed by atoms with Crippen LogP contribution in [0.15, 0.2) is 30.3 Å². The van der Waals surface area contributed by atoms with E-state index in [9.17, 15) is 0 Å². The van der Waals surface area contributed by atoms with E-state index in [-0.39, 0.29) is 6.17 Å². The fraction of sp³-hybridized carbons (Fsp3) is 0.462. The molecular weight excluding hydrogens is 246 g/mol. The molecular formula is C13H19N3OS. The van der Waals surface area contributed by atoms with Gasteiger partial charge in [-0.2, -0.15) is 0 Å². The van der Waals surface area contributed by atoms with Gasteiger partial charge in [0.2, 0.25) is 0 Å². The lowest BCUT2D eigenvalue weighted by Gasteiger charge is -2.33. The maximum atomic E-state index is 5.33. The number of morpholine rings is 1. The molecule has 0 aromatic heterocycles. The molecule has 1 aliphatic heterocycles. The number of hydrogen-bond donors (Lipinski definition) is 2. The summed E-state index contributed by atoms with van der Waals surface area (Å²) in [5, 5.41) is 7.12. The summed E-state index contributed by atoms with van der Waals surface area (Å²) in [5.74, 6) is 0. The van der Waals surface area contributed by atoms with Crippen molar-refractivity contribution in [3.63, 3.8) is 0 Å². The van der Waals surface area contributed by atoms with Crippen LogP contribution in [-0.4, -0.2) is 42.5 Å². The summed E-state index contributed by atoms with van der Waals surface area (Å²) in [5.41, 5.74) is 1.00. The Morgan fingerprint density at radius 1 is 1.28 bits per heavy atom. The van der Waals surface area contributed by atoms with Crippen LogP contribution >= 0.6 is 12.2 Å². The van der Waals surface area contributed by atoms with Crippen molar-refractivity contribution < 1.29 is 4.74 Å². The largest absolute Gasteiger partial charge is 0.379 e. The van der Waals surface area contributed by atoms with Crippen LogP contribution in [0.2, 0.25) is 0 Å². The molecule has 18 heavy (non-hydrogen) atoms. The monoisotopic (exact) mass is 265 g/mol. The van der Waals surface area contributed by atoms with Crippen LogP contribution in [0, 0.1) is 0 Å². The van der Waals surface area contributed by atoms with Crippen LogP contribution in [0.1, 0.15) is 6.92 Å². The molecule has 0 amide bonds.